The molecule has 7 nitrogen and oxygen atoms in total. The highest BCUT2D eigenvalue weighted by molar-refractivity contribution is 6.07. The van der Waals surface area contributed by atoms with Crippen molar-refractivity contribution in [2.75, 3.05) is 12.4 Å². The average molecular weight is 311 g/mol. The van der Waals surface area contributed by atoms with Gasteiger partial charge in [-0.05, 0) is 31.2 Å². The molecule has 0 aliphatic carbocycles. The van der Waals surface area contributed by atoms with Gasteiger partial charge in [-0.3, -0.25) is 9.48 Å². The molecule has 0 saturated heterocycles. The molecule has 3 rings (SSSR count). The first-order chi connectivity index (χ1) is 11.0. The van der Waals surface area contributed by atoms with Crippen LogP contribution in [-0.2, 0) is 7.05 Å². The highest BCUT2D eigenvalue weighted by atomic mass is 16.5. The largest absolute Gasteiger partial charge is 0.497 e. The van der Waals surface area contributed by atoms with Crippen LogP contribution in [0.15, 0.2) is 30.5 Å². The Hall–Kier alpha value is -3.09. The van der Waals surface area contributed by atoms with Gasteiger partial charge in [0.25, 0.3) is 5.91 Å². The van der Waals surface area contributed by atoms with Gasteiger partial charge in [0.2, 0.25) is 0 Å². The molecule has 0 aliphatic rings. The summed E-state index contributed by atoms with van der Waals surface area (Å²) in [5.74, 6) is 0.210. The molecule has 118 valence electrons. The number of aryl methyl sites for hydroxylation is 2. The van der Waals surface area contributed by atoms with Gasteiger partial charge in [0.15, 0.2) is 5.65 Å². The highest BCUT2D eigenvalue weighted by Gasteiger charge is 2.18. The maximum Gasteiger partial charge on any atom is 0.252 e. The summed E-state index contributed by atoms with van der Waals surface area (Å²) in [5.41, 5.74) is 8.69. The minimum Gasteiger partial charge on any atom is -0.497 e. The van der Waals surface area contributed by atoms with Crippen LogP contribution < -0.4 is 15.8 Å². The molecule has 1 aromatic carbocycles. The number of carbonyl (C=O) groups excluding carboxylic acids is 1. The monoisotopic (exact) mass is 311 g/mol. The number of pyridine rings is 1. The van der Waals surface area contributed by atoms with Crippen molar-refractivity contribution in [1.29, 1.82) is 0 Å². The number of nitrogens with two attached hydrogens (primary N) is 1. The predicted octanol–water partition coefficient (Wildman–Crippen LogP) is 2.13. The Balaban J connectivity index is 2.16. The Bertz CT molecular complexity index is 884. The zero-order valence-electron chi connectivity index (χ0n) is 13.1. The number of amides is 1. The van der Waals surface area contributed by atoms with Gasteiger partial charge in [0, 0.05) is 18.9 Å². The molecule has 2 aromatic heterocycles. The van der Waals surface area contributed by atoms with Crippen molar-refractivity contribution in [2.24, 2.45) is 12.8 Å². The Morgan fingerprint density at radius 3 is 2.61 bits per heavy atom. The number of aromatic nitrogens is 3. The molecule has 0 saturated carbocycles. The van der Waals surface area contributed by atoms with Gasteiger partial charge in [-0.15, -0.1) is 0 Å². The van der Waals surface area contributed by atoms with Gasteiger partial charge in [0.05, 0.1) is 29.4 Å². The van der Waals surface area contributed by atoms with E-state index in [4.69, 9.17) is 10.5 Å². The average Bonchev–Trinajstić information content (AvgIpc) is 2.83. The quantitative estimate of drug-likeness (QED) is 0.769. The van der Waals surface area contributed by atoms with Gasteiger partial charge in [-0.1, -0.05) is 0 Å². The first kappa shape index (κ1) is 14.8. The van der Waals surface area contributed by atoms with E-state index >= 15 is 0 Å². The van der Waals surface area contributed by atoms with Crippen LogP contribution >= 0.6 is 0 Å². The molecule has 0 fully saturated rings. The lowest BCUT2D eigenvalue weighted by Crippen LogP contribution is -2.14. The van der Waals surface area contributed by atoms with Gasteiger partial charge < -0.3 is 15.8 Å². The fourth-order valence-corrected chi connectivity index (χ4v) is 2.55. The van der Waals surface area contributed by atoms with Gasteiger partial charge in [-0.2, -0.15) is 5.10 Å². The summed E-state index contributed by atoms with van der Waals surface area (Å²) in [6.45, 7) is 1.87. The third-order valence-corrected chi connectivity index (χ3v) is 3.65. The maximum atomic E-state index is 11.8. The summed E-state index contributed by atoms with van der Waals surface area (Å²) in [4.78, 5) is 16.1. The first-order valence-corrected chi connectivity index (χ1v) is 7.04. The number of nitrogens with zero attached hydrogens (tertiary/aromatic N) is 3. The summed E-state index contributed by atoms with van der Waals surface area (Å²) in [5, 5.41) is 8.39. The van der Waals surface area contributed by atoms with E-state index in [9.17, 15) is 4.79 Å². The standard InChI is InChI=1S/C16H17N5O2/c1-9-13-14(19-10-4-6-11(23-3)7-5-10)12(15(17)22)8-18-16(13)21(2)20-9/h4-8H,1-3H3,(H2,17,22)(H,18,19). The maximum absolute atomic E-state index is 11.8. The van der Waals surface area contributed by atoms with Crippen LogP contribution in [0.2, 0.25) is 0 Å². The zero-order valence-corrected chi connectivity index (χ0v) is 13.1. The topological polar surface area (TPSA) is 95.1 Å². The molecule has 0 aliphatic heterocycles. The minimum absolute atomic E-state index is 0.324. The molecule has 1 amide bonds. The number of anilines is 2. The second-order valence-corrected chi connectivity index (χ2v) is 5.17. The van der Waals surface area contributed by atoms with E-state index in [0.717, 1.165) is 22.5 Å². The van der Waals surface area contributed by atoms with Gasteiger partial charge in [0.1, 0.15) is 5.75 Å². The normalized spacial score (nSPS) is 10.7. The third-order valence-electron chi connectivity index (χ3n) is 3.65. The van der Waals surface area contributed by atoms with Crippen LogP contribution in [0.1, 0.15) is 16.1 Å². The number of hydrogen-bond donors (Lipinski definition) is 2. The Kier molecular flexibility index (Phi) is 3.61. The van der Waals surface area contributed by atoms with E-state index in [-0.39, 0.29) is 0 Å². The molecule has 3 aromatic rings. The van der Waals surface area contributed by atoms with E-state index in [2.05, 4.69) is 15.4 Å². The molecule has 0 bridgehead atoms. The molecular weight excluding hydrogens is 294 g/mol. The number of primary amides is 1. The lowest BCUT2D eigenvalue weighted by atomic mass is 10.1. The number of ether oxygens (including phenoxy) is 1. The molecule has 3 N–H and O–H groups in total. The van der Waals surface area contributed by atoms with E-state index in [0.29, 0.717) is 16.9 Å². The number of methoxy groups -OCH3 is 1. The Morgan fingerprint density at radius 1 is 1.30 bits per heavy atom. The number of carbonyl (C=O) groups is 1. The molecule has 2 heterocycles. The molecule has 0 radical (unpaired) electrons. The number of rotatable bonds is 4. The van der Waals surface area contributed by atoms with Crippen molar-refractivity contribution in [3.63, 3.8) is 0 Å². The van der Waals surface area contributed by atoms with Crippen molar-refractivity contribution >= 4 is 28.3 Å². The summed E-state index contributed by atoms with van der Waals surface area (Å²) in [6.07, 6.45) is 1.47. The van der Waals surface area contributed by atoms with E-state index < -0.39 is 5.91 Å². The zero-order chi connectivity index (χ0) is 16.6. The van der Waals surface area contributed by atoms with Crippen molar-refractivity contribution < 1.29 is 9.53 Å². The van der Waals surface area contributed by atoms with Crippen molar-refractivity contribution in [1.82, 2.24) is 14.8 Å². The third kappa shape index (κ3) is 2.57. The molecule has 0 atom stereocenters. The fraction of sp³-hybridized carbons (Fsp3) is 0.188. The lowest BCUT2D eigenvalue weighted by molar-refractivity contribution is 0.100. The van der Waals surface area contributed by atoms with E-state index in [1.807, 2.05) is 38.2 Å². The summed E-state index contributed by atoms with van der Waals surface area (Å²) >= 11 is 0. The van der Waals surface area contributed by atoms with Crippen LogP contribution in [0.25, 0.3) is 11.0 Å². The van der Waals surface area contributed by atoms with Crippen molar-refractivity contribution in [3.8, 4) is 5.75 Å². The fourth-order valence-electron chi connectivity index (χ4n) is 2.55. The molecular formula is C16H17N5O2. The summed E-state index contributed by atoms with van der Waals surface area (Å²) < 4.78 is 6.82. The highest BCUT2D eigenvalue weighted by Crippen LogP contribution is 2.31. The second kappa shape index (κ2) is 5.60. The summed E-state index contributed by atoms with van der Waals surface area (Å²) in [6, 6.07) is 7.39. The van der Waals surface area contributed by atoms with Crippen molar-refractivity contribution in [3.05, 3.63) is 41.7 Å². The molecule has 0 unspecified atom stereocenters. The van der Waals surface area contributed by atoms with Crippen LogP contribution in [0.5, 0.6) is 5.75 Å². The number of nitrogens with one attached hydrogen (secondary N) is 1. The second-order valence-electron chi connectivity index (χ2n) is 5.17. The smallest absolute Gasteiger partial charge is 0.252 e. The summed E-state index contributed by atoms with van der Waals surface area (Å²) in [7, 11) is 3.42. The minimum atomic E-state index is -0.543. The first-order valence-electron chi connectivity index (χ1n) is 7.04. The van der Waals surface area contributed by atoms with E-state index in [1.165, 1.54) is 6.20 Å². The number of benzene rings is 1. The van der Waals surface area contributed by atoms with Crippen LogP contribution in [0.4, 0.5) is 11.4 Å². The molecule has 0 spiro atoms. The Morgan fingerprint density at radius 2 is 2.00 bits per heavy atom. The van der Waals surface area contributed by atoms with Crippen molar-refractivity contribution in [2.45, 2.75) is 6.92 Å². The number of fused-ring (bicyclic) bond motifs is 1. The predicted molar refractivity (Wildman–Crippen MR) is 88.0 cm³/mol. The molecule has 7 heteroatoms. The van der Waals surface area contributed by atoms with Gasteiger partial charge >= 0.3 is 0 Å². The van der Waals surface area contributed by atoms with Crippen LogP contribution in [-0.4, -0.2) is 27.8 Å². The van der Waals surface area contributed by atoms with Crippen LogP contribution in [0, 0.1) is 6.92 Å². The van der Waals surface area contributed by atoms with Crippen LogP contribution in [0.3, 0.4) is 0 Å². The lowest BCUT2D eigenvalue weighted by Gasteiger charge is -2.12. The SMILES string of the molecule is COc1ccc(Nc2c(C(N)=O)cnc3c2c(C)nn3C)cc1. The molecule has 23 heavy (non-hydrogen) atoms. The Labute approximate surface area is 133 Å². The van der Waals surface area contributed by atoms with E-state index in [1.54, 1.807) is 11.8 Å². The number of hydrogen-bond acceptors (Lipinski definition) is 5. The van der Waals surface area contributed by atoms with Gasteiger partial charge in [-0.25, -0.2) is 4.98 Å².